The highest BCUT2D eigenvalue weighted by Gasteiger charge is 2.25. The van der Waals surface area contributed by atoms with Gasteiger partial charge in [-0.25, -0.2) is 13.1 Å². The maximum atomic E-state index is 12.4. The number of nitrogens with one attached hydrogen (secondary N) is 1. The van der Waals surface area contributed by atoms with E-state index in [1.54, 1.807) is 17.0 Å². The molecule has 3 N–H and O–H groups in total. The van der Waals surface area contributed by atoms with E-state index in [1.165, 1.54) is 12.1 Å². The van der Waals surface area contributed by atoms with Gasteiger partial charge in [-0.05, 0) is 43.5 Å². The Balaban J connectivity index is 2.10. The Kier molecular flexibility index (Phi) is 5.44. The Labute approximate surface area is 138 Å². The van der Waals surface area contributed by atoms with Crippen LogP contribution in [0.5, 0.6) is 0 Å². The largest absolute Gasteiger partial charge is 0.324 e. The molecule has 1 heterocycles. The molecule has 128 valence electrons. The molecule has 6 nitrogen and oxygen atoms in total. The van der Waals surface area contributed by atoms with E-state index in [4.69, 9.17) is 5.73 Å². The van der Waals surface area contributed by atoms with Crippen LogP contribution in [0.1, 0.15) is 39.5 Å². The summed E-state index contributed by atoms with van der Waals surface area (Å²) >= 11 is 0. The zero-order valence-corrected chi connectivity index (χ0v) is 14.5. The van der Waals surface area contributed by atoms with Crippen LogP contribution in [-0.2, 0) is 14.8 Å². The number of nitrogens with zero attached hydrogens (tertiary/aromatic N) is 1. The molecule has 0 spiro atoms. The highest BCUT2D eigenvalue weighted by molar-refractivity contribution is 7.89. The molecule has 2 rings (SSSR count). The number of nitrogens with two attached hydrogens (primary N) is 1. The molecule has 0 saturated carbocycles. The van der Waals surface area contributed by atoms with Crippen molar-refractivity contribution in [3.05, 3.63) is 24.3 Å². The predicted octanol–water partition coefficient (Wildman–Crippen LogP) is 1.61. The molecule has 23 heavy (non-hydrogen) atoms. The van der Waals surface area contributed by atoms with Crippen LogP contribution in [0.4, 0.5) is 5.69 Å². The maximum absolute atomic E-state index is 12.4. The standard InChI is InChI=1S/C16H25N3O3S/c1-3-16(17,4-2)12-18-23(21,22)14-9-7-13(8-10-14)19-11-5-6-15(19)20/h7-10,18H,3-6,11-12,17H2,1-2H3. The summed E-state index contributed by atoms with van der Waals surface area (Å²) in [6.45, 7) is 4.78. The summed E-state index contributed by atoms with van der Waals surface area (Å²) in [5.74, 6) is 0.0811. The number of carbonyl (C=O) groups excluding carboxylic acids is 1. The molecule has 7 heteroatoms. The molecule has 0 bridgehead atoms. The van der Waals surface area contributed by atoms with Crippen LogP contribution >= 0.6 is 0 Å². The fraction of sp³-hybridized carbons (Fsp3) is 0.562. The second-order valence-electron chi connectivity index (χ2n) is 6.04. The number of sulfonamides is 1. The first-order chi connectivity index (χ1) is 10.8. The summed E-state index contributed by atoms with van der Waals surface area (Å²) in [6.07, 6.45) is 2.78. The van der Waals surface area contributed by atoms with Crippen molar-refractivity contribution in [3.63, 3.8) is 0 Å². The van der Waals surface area contributed by atoms with E-state index >= 15 is 0 Å². The first-order valence-corrected chi connectivity index (χ1v) is 9.48. The van der Waals surface area contributed by atoms with Crippen molar-refractivity contribution in [1.82, 2.24) is 4.72 Å². The van der Waals surface area contributed by atoms with Crippen LogP contribution in [0.25, 0.3) is 0 Å². The lowest BCUT2D eigenvalue weighted by Gasteiger charge is -2.26. The topological polar surface area (TPSA) is 92.5 Å². The van der Waals surface area contributed by atoms with Gasteiger partial charge in [-0.1, -0.05) is 13.8 Å². The Hall–Kier alpha value is -1.44. The van der Waals surface area contributed by atoms with Crippen molar-refractivity contribution in [1.29, 1.82) is 0 Å². The second-order valence-corrected chi connectivity index (χ2v) is 7.80. The number of anilines is 1. The van der Waals surface area contributed by atoms with Crippen LogP contribution in [0.2, 0.25) is 0 Å². The van der Waals surface area contributed by atoms with E-state index in [0.717, 1.165) is 12.1 Å². The Morgan fingerprint density at radius 1 is 1.22 bits per heavy atom. The number of hydrogen-bond donors (Lipinski definition) is 2. The van der Waals surface area contributed by atoms with Crippen molar-refractivity contribution in [3.8, 4) is 0 Å². The van der Waals surface area contributed by atoms with Gasteiger partial charge in [0.05, 0.1) is 4.90 Å². The highest BCUT2D eigenvalue weighted by atomic mass is 32.2. The third kappa shape index (κ3) is 4.10. The first-order valence-electron chi connectivity index (χ1n) is 8.00. The van der Waals surface area contributed by atoms with Crippen molar-refractivity contribution >= 4 is 21.6 Å². The molecule has 0 atom stereocenters. The molecule has 0 radical (unpaired) electrons. The minimum Gasteiger partial charge on any atom is -0.324 e. The van der Waals surface area contributed by atoms with Crippen molar-refractivity contribution < 1.29 is 13.2 Å². The van der Waals surface area contributed by atoms with E-state index in [-0.39, 0.29) is 17.3 Å². The molecule has 0 aliphatic carbocycles. The zero-order valence-electron chi connectivity index (χ0n) is 13.7. The average molecular weight is 339 g/mol. The predicted molar refractivity (Wildman–Crippen MR) is 90.7 cm³/mol. The van der Waals surface area contributed by atoms with Gasteiger partial charge in [-0.2, -0.15) is 0 Å². The summed E-state index contributed by atoms with van der Waals surface area (Å²) in [5, 5.41) is 0. The van der Waals surface area contributed by atoms with E-state index in [0.29, 0.717) is 25.8 Å². The van der Waals surface area contributed by atoms with Gasteiger partial charge in [-0.3, -0.25) is 4.79 Å². The van der Waals surface area contributed by atoms with E-state index < -0.39 is 15.6 Å². The van der Waals surface area contributed by atoms with Crippen molar-refractivity contribution in [2.75, 3.05) is 18.0 Å². The molecule has 1 aromatic rings. The van der Waals surface area contributed by atoms with Gasteiger partial charge < -0.3 is 10.6 Å². The molecule has 1 saturated heterocycles. The second kappa shape index (κ2) is 6.98. The Bertz CT molecular complexity index is 652. The summed E-state index contributed by atoms with van der Waals surface area (Å²) < 4.78 is 27.3. The lowest BCUT2D eigenvalue weighted by molar-refractivity contribution is -0.117. The van der Waals surface area contributed by atoms with E-state index in [9.17, 15) is 13.2 Å². The summed E-state index contributed by atoms with van der Waals surface area (Å²) in [7, 11) is -3.60. The minimum absolute atomic E-state index is 0.0811. The zero-order chi connectivity index (χ0) is 17.1. The molecular weight excluding hydrogens is 314 g/mol. The van der Waals surface area contributed by atoms with Crippen molar-refractivity contribution in [2.24, 2.45) is 5.73 Å². The average Bonchev–Trinajstić information content (AvgIpc) is 2.99. The van der Waals surface area contributed by atoms with Crippen LogP contribution in [-0.4, -0.2) is 33.0 Å². The quantitative estimate of drug-likeness (QED) is 0.789. The van der Waals surface area contributed by atoms with E-state index in [1.807, 2.05) is 13.8 Å². The van der Waals surface area contributed by atoms with Gasteiger partial charge in [0.2, 0.25) is 15.9 Å². The third-order valence-electron chi connectivity index (χ3n) is 4.55. The minimum atomic E-state index is -3.60. The fourth-order valence-corrected chi connectivity index (χ4v) is 3.69. The summed E-state index contributed by atoms with van der Waals surface area (Å²) in [4.78, 5) is 13.6. The molecule has 0 unspecified atom stereocenters. The molecule has 1 aliphatic heterocycles. The van der Waals surface area contributed by atoms with Gasteiger partial charge in [0.15, 0.2) is 0 Å². The SMILES string of the molecule is CCC(N)(CC)CNS(=O)(=O)c1ccc(N2CCCC2=O)cc1. The fourth-order valence-electron chi connectivity index (χ4n) is 2.55. The maximum Gasteiger partial charge on any atom is 0.240 e. The Morgan fingerprint density at radius 3 is 2.30 bits per heavy atom. The lowest BCUT2D eigenvalue weighted by Crippen LogP contribution is -2.49. The first kappa shape index (κ1) is 17.9. The molecule has 1 amide bonds. The summed E-state index contributed by atoms with van der Waals surface area (Å²) in [6, 6.07) is 6.40. The molecule has 1 aromatic carbocycles. The van der Waals surface area contributed by atoms with Crippen molar-refractivity contribution in [2.45, 2.75) is 50.0 Å². The van der Waals surface area contributed by atoms with Gasteiger partial charge in [0.1, 0.15) is 0 Å². The Morgan fingerprint density at radius 2 is 1.83 bits per heavy atom. The smallest absolute Gasteiger partial charge is 0.240 e. The monoisotopic (exact) mass is 339 g/mol. The number of amides is 1. The number of benzene rings is 1. The molecular formula is C16H25N3O3S. The number of carbonyl (C=O) groups is 1. The highest BCUT2D eigenvalue weighted by Crippen LogP contribution is 2.23. The van der Waals surface area contributed by atoms with Crippen LogP contribution in [0.15, 0.2) is 29.2 Å². The number of rotatable bonds is 7. The molecule has 1 fully saturated rings. The van der Waals surface area contributed by atoms with Crippen LogP contribution in [0, 0.1) is 0 Å². The number of hydrogen-bond acceptors (Lipinski definition) is 4. The summed E-state index contributed by atoms with van der Waals surface area (Å²) in [5.41, 5.74) is 6.34. The van der Waals surface area contributed by atoms with E-state index in [2.05, 4.69) is 4.72 Å². The normalized spacial score (nSPS) is 16.1. The molecule has 1 aliphatic rings. The lowest BCUT2D eigenvalue weighted by atomic mass is 9.95. The van der Waals surface area contributed by atoms with Gasteiger partial charge in [0.25, 0.3) is 0 Å². The van der Waals surface area contributed by atoms with Crippen LogP contribution < -0.4 is 15.4 Å². The van der Waals surface area contributed by atoms with Gasteiger partial charge in [0, 0.05) is 30.7 Å². The van der Waals surface area contributed by atoms with Crippen LogP contribution in [0.3, 0.4) is 0 Å². The third-order valence-corrected chi connectivity index (χ3v) is 5.97. The molecule has 0 aromatic heterocycles. The van der Waals surface area contributed by atoms with Gasteiger partial charge >= 0.3 is 0 Å². The van der Waals surface area contributed by atoms with Gasteiger partial charge in [-0.15, -0.1) is 0 Å².